The van der Waals surface area contributed by atoms with Gasteiger partial charge < -0.3 is 9.64 Å². The van der Waals surface area contributed by atoms with Gasteiger partial charge >= 0.3 is 0 Å². The first-order valence-corrected chi connectivity index (χ1v) is 9.98. The number of ether oxygens (including phenoxy) is 1. The third kappa shape index (κ3) is 4.06. The van der Waals surface area contributed by atoms with E-state index in [0.29, 0.717) is 48.7 Å². The predicted octanol–water partition coefficient (Wildman–Crippen LogP) is 4.83. The summed E-state index contributed by atoms with van der Waals surface area (Å²) in [6.45, 7) is 2.91. The smallest absolute Gasteiger partial charge is 0.246 e. The number of Topliss-reactive ketones (excluding diaryl/α,β-unsaturated/α-hetero) is 1. The third-order valence-corrected chi connectivity index (χ3v) is 6.05. The van der Waals surface area contributed by atoms with Gasteiger partial charge in [-0.15, -0.1) is 0 Å². The molecule has 2 heterocycles. The van der Waals surface area contributed by atoms with Crippen molar-refractivity contribution in [2.75, 3.05) is 13.1 Å². The van der Waals surface area contributed by atoms with Crippen molar-refractivity contribution in [2.45, 2.75) is 31.8 Å². The molecule has 2 aromatic rings. The minimum Gasteiger partial charge on any atom is -0.486 e. The first-order chi connectivity index (χ1) is 13.8. The second-order valence-corrected chi connectivity index (χ2v) is 8.10. The maximum atomic E-state index is 13.0. The normalized spacial score (nSPS) is 18.0. The van der Waals surface area contributed by atoms with E-state index in [2.05, 4.69) is 0 Å². The van der Waals surface area contributed by atoms with Crippen molar-refractivity contribution in [3.63, 3.8) is 0 Å². The Balaban J connectivity index is 1.42. The highest BCUT2D eigenvalue weighted by Gasteiger charge is 2.43. The Bertz CT molecular complexity index is 992. The molecule has 1 spiro atoms. The summed E-state index contributed by atoms with van der Waals surface area (Å²) >= 11 is 6.15. The monoisotopic (exact) mass is 413 g/mol. The third-order valence-electron chi connectivity index (χ3n) is 5.65. The summed E-state index contributed by atoms with van der Waals surface area (Å²) in [6.07, 6.45) is 4.66. The van der Waals surface area contributed by atoms with Crippen LogP contribution in [0.3, 0.4) is 0 Å². The molecule has 2 aromatic carbocycles. The molecular formula is C23H21ClFNO3. The molecule has 29 heavy (non-hydrogen) atoms. The zero-order chi connectivity index (χ0) is 20.6. The predicted molar refractivity (Wildman–Crippen MR) is 110 cm³/mol. The number of hydrogen-bond donors (Lipinski definition) is 0. The van der Waals surface area contributed by atoms with Gasteiger partial charge in [0, 0.05) is 37.0 Å². The molecule has 1 amide bonds. The Labute approximate surface area is 173 Å². The van der Waals surface area contributed by atoms with Gasteiger partial charge in [0.15, 0.2) is 5.78 Å². The van der Waals surface area contributed by atoms with Crippen LogP contribution in [0.1, 0.15) is 40.7 Å². The van der Waals surface area contributed by atoms with Gasteiger partial charge in [0.25, 0.3) is 0 Å². The quantitative estimate of drug-likeness (QED) is 0.662. The van der Waals surface area contributed by atoms with Crippen LogP contribution in [0.4, 0.5) is 4.39 Å². The lowest BCUT2D eigenvalue weighted by atomic mass is 9.82. The number of benzene rings is 2. The Kier molecular flexibility index (Phi) is 5.17. The second kappa shape index (κ2) is 7.64. The molecule has 1 saturated heterocycles. The van der Waals surface area contributed by atoms with Gasteiger partial charge in [-0.1, -0.05) is 23.7 Å². The van der Waals surface area contributed by atoms with Crippen molar-refractivity contribution in [2.24, 2.45) is 0 Å². The van der Waals surface area contributed by atoms with Crippen LogP contribution in [0.5, 0.6) is 5.75 Å². The van der Waals surface area contributed by atoms with Crippen LogP contribution in [-0.4, -0.2) is 35.3 Å². The molecule has 4 rings (SSSR count). The summed E-state index contributed by atoms with van der Waals surface area (Å²) in [4.78, 5) is 26.9. The van der Waals surface area contributed by atoms with E-state index in [9.17, 15) is 14.0 Å². The molecule has 1 fully saturated rings. The summed E-state index contributed by atoms with van der Waals surface area (Å²) in [5, 5.41) is 0.560. The van der Waals surface area contributed by atoms with E-state index in [1.807, 2.05) is 13.0 Å². The minimum atomic E-state index is -0.568. The summed E-state index contributed by atoms with van der Waals surface area (Å²) in [7, 11) is 0. The Morgan fingerprint density at radius 3 is 2.59 bits per heavy atom. The molecule has 0 atom stereocenters. The number of carbonyl (C=O) groups is 2. The fraction of sp³-hybridized carbons (Fsp3) is 0.304. The zero-order valence-electron chi connectivity index (χ0n) is 16.1. The van der Waals surface area contributed by atoms with Gasteiger partial charge in [-0.25, -0.2) is 4.39 Å². The Hall–Kier alpha value is -2.66. The number of ketones is 1. The molecule has 150 valence electrons. The highest BCUT2D eigenvalue weighted by molar-refractivity contribution is 6.31. The molecule has 0 N–H and O–H groups in total. The van der Waals surface area contributed by atoms with Crippen LogP contribution < -0.4 is 4.74 Å². The fourth-order valence-electron chi connectivity index (χ4n) is 3.87. The number of halogens is 2. The van der Waals surface area contributed by atoms with E-state index in [1.54, 1.807) is 29.2 Å². The minimum absolute atomic E-state index is 0.0316. The van der Waals surface area contributed by atoms with Gasteiger partial charge in [0.1, 0.15) is 17.2 Å². The zero-order valence-corrected chi connectivity index (χ0v) is 16.8. The number of likely N-dealkylation sites (tertiary alicyclic amines) is 1. The topological polar surface area (TPSA) is 46.6 Å². The van der Waals surface area contributed by atoms with Crippen molar-refractivity contribution in [3.05, 3.63) is 70.0 Å². The molecule has 0 bridgehead atoms. The van der Waals surface area contributed by atoms with E-state index in [-0.39, 0.29) is 17.5 Å². The molecule has 0 saturated carbocycles. The van der Waals surface area contributed by atoms with Gasteiger partial charge in [0.05, 0.1) is 12.0 Å². The summed E-state index contributed by atoms with van der Waals surface area (Å²) in [5.41, 5.74) is 1.60. The highest BCUT2D eigenvalue weighted by atomic mass is 35.5. The van der Waals surface area contributed by atoms with Gasteiger partial charge in [-0.05, 0) is 48.4 Å². The number of carbonyl (C=O) groups excluding carboxylic acids is 2. The van der Waals surface area contributed by atoms with Gasteiger partial charge in [-0.2, -0.15) is 0 Å². The van der Waals surface area contributed by atoms with Crippen LogP contribution in [0.25, 0.3) is 6.08 Å². The number of amides is 1. The van der Waals surface area contributed by atoms with Crippen molar-refractivity contribution < 1.29 is 18.7 Å². The average Bonchev–Trinajstić information content (AvgIpc) is 2.69. The van der Waals surface area contributed by atoms with Crippen molar-refractivity contribution in [1.82, 2.24) is 4.90 Å². The lowest BCUT2D eigenvalue weighted by Crippen LogP contribution is -2.52. The summed E-state index contributed by atoms with van der Waals surface area (Å²) in [5.74, 6) is 0.202. The molecule has 0 aromatic heterocycles. The number of hydrogen-bond acceptors (Lipinski definition) is 3. The molecule has 0 aliphatic carbocycles. The van der Waals surface area contributed by atoms with E-state index < -0.39 is 5.60 Å². The molecule has 0 unspecified atom stereocenters. The van der Waals surface area contributed by atoms with Crippen molar-refractivity contribution in [3.8, 4) is 5.75 Å². The number of piperidine rings is 1. The van der Waals surface area contributed by atoms with Gasteiger partial charge in [-0.3, -0.25) is 9.59 Å². The van der Waals surface area contributed by atoms with E-state index in [1.165, 1.54) is 18.2 Å². The average molecular weight is 414 g/mol. The van der Waals surface area contributed by atoms with Crippen LogP contribution >= 0.6 is 11.6 Å². The maximum absolute atomic E-state index is 13.0. The van der Waals surface area contributed by atoms with Crippen LogP contribution in [-0.2, 0) is 4.79 Å². The van der Waals surface area contributed by atoms with Crippen LogP contribution in [0.15, 0.2) is 42.5 Å². The number of aryl methyl sites for hydroxylation is 1. The number of fused-ring (bicyclic) bond motifs is 1. The fourth-order valence-corrected chi connectivity index (χ4v) is 4.04. The number of rotatable bonds is 2. The first kappa shape index (κ1) is 19.6. The SMILES string of the molecule is Cc1cc2c(cc1Cl)C(=O)CC1(CCN(C(=O)/C=C/c3ccc(F)cc3)CC1)O2. The number of nitrogens with zero attached hydrogens (tertiary/aromatic N) is 1. The molecule has 2 aliphatic rings. The highest BCUT2D eigenvalue weighted by Crippen LogP contribution is 2.41. The van der Waals surface area contributed by atoms with Crippen molar-refractivity contribution in [1.29, 1.82) is 0 Å². The summed E-state index contributed by atoms with van der Waals surface area (Å²) < 4.78 is 19.2. The van der Waals surface area contributed by atoms with Crippen molar-refractivity contribution >= 4 is 29.4 Å². The molecule has 4 nitrogen and oxygen atoms in total. The molecule has 6 heteroatoms. The maximum Gasteiger partial charge on any atom is 0.246 e. The molecular weight excluding hydrogens is 393 g/mol. The van der Waals surface area contributed by atoms with Gasteiger partial charge in [0.2, 0.25) is 5.91 Å². The first-order valence-electron chi connectivity index (χ1n) is 9.60. The van der Waals surface area contributed by atoms with E-state index in [0.717, 1.165) is 11.1 Å². The van der Waals surface area contributed by atoms with Crippen LogP contribution in [0.2, 0.25) is 5.02 Å². The lowest BCUT2D eigenvalue weighted by molar-refractivity contribution is -0.129. The standard InChI is InChI=1S/C23H21ClFNO3/c1-15-12-21-18(13-19(15)24)20(27)14-23(29-21)8-10-26(11-9-23)22(28)7-4-16-2-5-17(25)6-3-16/h2-7,12-13H,8-11,14H2,1H3/b7-4+. The molecule has 0 radical (unpaired) electrons. The van der Waals surface area contributed by atoms with E-state index in [4.69, 9.17) is 16.3 Å². The van der Waals surface area contributed by atoms with Crippen LogP contribution in [0, 0.1) is 12.7 Å². The Morgan fingerprint density at radius 1 is 1.21 bits per heavy atom. The largest absolute Gasteiger partial charge is 0.486 e. The molecule has 2 aliphatic heterocycles. The summed E-state index contributed by atoms with van der Waals surface area (Å²) in [6, 6.07) is 9.46. The second-order valence-electron chi connectivity index (χ2n) is 7.69. The Morgan fingerprint density at radius 2 is 1.90 bits per heavy atom. The lowest BCUT2D eigenvalue weighted by Gasteiger charge is -2.43. The van der Waals surface area contributed by atoms with E-state index >= 15 is 0 Å².